The molecule has 2 heteroatoms. The Morgan fingerprint density at radius 1 is 1.20 bits per heavy atom. The lowest BCUT2D eigenvalue weighted by Crippen LogP contribution is -2.54. The maximum atomic E-state index is 6.18. The molecule has 2 N–H and O–H groups in total. The SMILES string of the molecule is CC(C)(N)CC1(C2CCCCC2)COC1. The van der Waals surface area contributed by atoms with E-state index in [1.807, 2.05) is 0 Å². The van der Waals surface area contributed by atoms with Gasteiger partial charge in [0.05, 0.1) is 13.2 Å². The molecule has 2 nitrogen and oxygen atoms in total. The molecule has 1 saturated heterocycles. The smallest absolute Gasteiger partial charge is 0.0548 e. The van der Waals surface area contributed by atoms with Gasteiger partial charge in [0.15, 0.2) is 0 Å². The lowest BCUT2D eigenvalue weighted by atomic mass is 9.63. The summed E-state index contributed by atoms with van der Waals surface area (Å²) in [6, 6.07) is 0. The Hall–Kier alpha value is -0.0800. The molecule has 1 saturated carbocycles. The van der Waals surface area contributed by atoms with Crippen LogP contribution in [0, 0.1) is 11.3 Å². The lowest BCUT2D eigenvalue weighted by Gasteiger charge is -2.51. The number of nitrogens with two attached hydrogens (primary N) is 1. The molecule has 0 aromatic carbocycles. The van der Waals surface area contributed by atoms with Gasteiger partial charge >= 0.3 is 0 Å². The van der Waals surface area contributed by atoms with E-state index in [1.165, 1.54) is 32.1 Å². The van der Waals surface area contributed by atoms with E-state index >= 15 is 0 Å². The third kappa shape index (κ3) is 2.54. The van der Waals surface area contributed by atoms with Crippen LogP contribution < -0.4 is 5.73 Å². The topological polar surface area (TPSA) is 35.2 Å². The van der Waals surface area contributed by atoms with Crippen molar-refractivity contribution < 1.29 is 4.74 Å². The maximum absolute atomic E-state index is 6.18. The Morgan fingerprint density at radius 2 is 1.80 bits per heavy atom. The number of ether oxygens (including phenoxy) is 1. The van der Waals surface area contributed by atoms with E-state index in [0.717, 1.165) is 25.6 Å². The summed E-state index contributed by atoms with van der Waals surface area (Å²) in [6.07, 6.45) is 8.19. The van der Waals surface area contributed by atoms with Gasteiger partial charge in [-0.2, -0.15) is 0 Å². The second kappa shape index (κ2) is 4.06. The first-order valence-electron chi connectivity index (χ1n) is 6.39. The number of hydrogen-bond donors (Lipinski definition) is 1. The van der Waals surface area contributed by atoms with Crippen molar-refractivity contribution in [3.05, 3.63) is 0 Å². The summed E-state index contributed by atoms with van der Waals surface area (Å²) in [5, 5.41) is 0. The van der Waals surface area contributed by atoms with Crippen LogP contribution in [0.2, 0.25) is 0 Å². The highest BCUT2D eigenvalue weighted by Gasteiger charge is 2.47. The molecule has 1 aliphatic carbocycles. The molecule has 0 amide bonds. The van der Waals surface area contributed by atoms with Gasteiger partial charge in [-0.1, -0.05) is 19.3 Å². The normalized spacial score (nSPS) is 27.4. The lowest BCUT2D eigenvalue weighted by molar-refractivity contribution is -0.163. The molecular weight excluding hydrogens is 186 g/mol. The van der Waals surface area contributed by atoms with E-state index < -0.39 is 0 Å². The van der Waals surface area contributed by atoms with Gasteiger partial charge in [0.25, 0.3) is 0 Å². The first-order chi connectivity index (χ1) is 7.02. The molecule has 0 unspecified atom stereocenters. The van der Waals surface area contributed by atoms with E-state index in [9.17, 15) is 0 Å². The molecule has 2 rings (SSSR count). The largest absolute Gasteiger partial charge is 0.380 e. The van der Waals surface area contributed by atoms with E-state index in [2.05, 4.69) is 13.8 Å². The van der Waals surface area contributed by atoms with Gasteiger partial charge in [0, 0.05) is 11.0 Å². The third-order valence-corrected chi connectivity index (χ3v) is 4.06. The molecule has 0 aromatic heterocycles. The van der Waals surface area contributed by atoms with Gasteiger partial charge in [0.2, 0.25) is 0 Å². The van der Waals surface area contributed by atoms with Crippen molar-refractivity contribution >= 4 is 0 Å². The predicted octanol–water partition coefficient (Wildman–Crippen LogP) is 2.71. The van der Waals surface area contributed by atoms with Crippen LogP contribution in [-0.4, -0.2) is 18.8 Å². The highest BCUT2D eigenvalue weighted by Crippen LogP contribution is 2.47. The Morgan fingerprint density at radius 3 is 2.20 bits per heavy atom. The molecule has 0 spiro atoms. The van der Waals surface area contributed by atoms with Crippen LogP contribution in [0.15, 0.2) is 0 Å². The molecule has 1 heterocycles. The molecular formula is C13H25NO. The second-order valence-electron chi connectivity index (χ2n) is 6.36. The summed E-state index contributed by atoms with van der Waals surface area (Å²) in [5.74, 6) is 0.878. The molecule has 2 aliphatic rings. The molecule has 2 fully saturated rings. The summed E-state index contributed by atoms with van der Waals surface area (Å²) in [4.78, 5) is 0. The zero-order valence-electron chi connectivity index (χ0n) is 10.2. The Labute approximate surface area is 93.6 Å². The summed E-state index contributed by atoms with van der Waals surface area (Å²) < 4.78 is 5.48. The molecule has 88 valence electrons. The Kier molecular flexibility index (Phi) is 3.09. The van der Waals surface area contributed by atoms with Crippen molar-refractivity contribution in [2.24, 2.45) is 17.1 Å². The van der Waals surface area contributed by atoms with Crippen LogP contribution in [0.5, 0.6) is 0 Å². The van der Waals surface area contributed by atoms with Crippen molar-refractivity contribution in [2.45, 2.75) is 57.9 Å². The first-order valence-corrected chi connectivity index (χ1v) is 6.39. The van der Waals surface area contributed by atoms with Crippen molar-refractivity contribution in [1.82, 2.24) is 0 Å². The summed E-state index contributed by atoms with van der Waals surface area (Å²) >= 11 is 0. The summed E-state index contributed by atoms with van der Waals surface area (Å²) in [6.45, 7) is 6.21. The zero-order chi connectivity index (χ0) is 10.9. The monoisotopic (exact) mass is 211 g/mol. The molecule has 0 atom stereocenters. The minimum Gasteiger partial charge on any atom is -0.380 e. The van der Waals surface area contributed by atoms with Crippen LogP contribution in [0.1, 0.15) is 52.4 Å². The fraction of sp³-hybridized carbons (Fsp3) is 1.00. The van der Waals surface area contributed by atoms with Crippen molar-refractivity contribution in [1.29, 1.82) is 0 Å². The van der Waals surface area contributed by atoms with Crippen molar-refractivity contribution in [2.75, 3.05) is 13.2 Å². The minimum absolute atomic E-state index is 0.0404. The van der Waals surface area contributed by atoms with Crippen LogP contribution >= 0.6 is 0 Å². The highest BCUT2D eigenvalue weighted by molar-refractivity contribution is 4.97. The first kappa shape index (κ1) is 11.4. The maximum Gasteiger partial charge on any atom is 0.0548 e. The average Bonchev–Trinajstić information content (AvgIpc) is 2.11. The average molecular weight is 211 g/mol. The van der Waals surface area contributed by atoms with Gasteiger partial charge in [-0.3, -0.25) is 0 Å². The molecule has 15 heavy (non-hydrogen) atoms. The van der Waals surface area contributed by atoms with Crippen LogP contribution in [0.25, 0.3) is 0 Å². The Bertz CT molecular complexity index is 209. The fourth-order valence-electron chi connectivity index (χ4n) is 3.47. The van der Waals surface area contributed by atoms with Crippen molar-refractivity contribution in [3.8, 4) is 0 Å². The van der Waals surface area contributed by atoms with Gasteiger partial charge < -0.3 is 10.5 Å². The summed E-state index contributed by atoms with van der Waals surface area (Å²) in [7, 11) is 0. The van der Waals surface area contributed by atoms with Crippen molar-refractivity contribution in [3.63, 3.8) is 0 Å². The summed E-state index contributed by atoms with van der Waals surface area (Å²) in [5.41, 5.74) is 6.57. The van der Waals surface area contributed by atoms with Crippen LogP contribution in [-0.2, 0) is 4.74 Å². The van der Waals surface area contributed by atoms with Gasteiger partial charge in [-0.25, -0.2) is 0 Å². The molecule has 0 radical (unpaired) electrons. The quantitative estimate of drug-likeness (QED) is 0.779. The number of hydrogen-bond acceptors (Lipinski definition) is 2. The van der Waals surface area contributed by atoms with Gasteiger partial charge in [-0.05, 0) is 39.0 Å². The van der Waals surface area contributed by atoms with E-state index in [0.29, 0.717) is 5.41 Å². The van der Waals surface area contributed by atoms with Gasteiger partial charge in [0.1, 0.15) is 0 Å². The predicted molar refractivity (Wildman–Crippen MR) is 62.7 cm³/mol. The standard InChI is InChI=1S/C13H25NO/c1-12(2,14)8-13(9-15-10-13)11-6-4-3-5-7-11/h11H,3-10,14H2,1-2H3. The number of rotatable bonds is 3. The third-order valence-electron chi connectivity index (χ3n) is 4.06. The van der Waals surface area contributed by atoms with E-state index in [1.54, 1.807) is 0 Å². The minimum atomic E-state index is -0.0404. The second-order valence-corrected chi connectivity index (χ2v) is 6.36. The zero-order valence-corrected chi connectivity index (χ0v) is 10.2. The Balaban J connectivity index is 2.00. The fourth-order valence-corrected chi connectivity index (χ4v) is 3.47. The highest BCUT2D eigenvalue weighted by atomic mass is 16.5. The molecule has 1 aliphatic heterocycles. The van der Waals surface area contributed by atoms with E-state index in [-0.39, 0.29) is 5.54 Å². The van der Waals surface area contributed by atoms with Crippen LogP contribution in [0.4, 0.5) is 0 Å². The van der Waals surface area contributed by atoms with Gasteiger partial charge in [-0.15, -0.1) is 0 Å². The molecule has 0 aromatic rings. The molecule has 0 bridgehead atoms. The van der Waals surface area contributed by atoms with Crippen LogP contribution in [0.3, 0.4) is 0 Å². The van der Waals surface area contributed by atoms with E-state index in [4.69, 9.17) is 10.5 Å².